The van der Waals surface area contributed by atoms with Crippen LogP contribution in [0.15, 0.2) is 6.07 Å². The summed E-state index contributed by atoms with van der Waals surface area (Å²) in [4.78, 5) is 15.7. The molecule has 1 aromatic rings. The maximum absolute atomic E-state index is 11.4. The number of hydrogen-bond acceptors (Lipinski definition) is 3. The van der Waals surface area contributed by atoms with Crippen LogP contribution in [0.3, 0.4) is 0 Å². The van der Waals surface area contributed by atoms with Gasteiger partial charge in [-0.15, -0.1) is 0 Å². The zero-order valence-electron chi connectivity index (χ0n) is 12.6. The van der Waals surface area contributed by atoms with E-state index in [2.05, 4.69) is 17.2 Å². The van der Waals surface area contributed by atoms with Gasteiger partial charge in [-0.2, -0.15) is 0 Å². The van der Waals surface area contributed by atoms with Gasteiger partial charge in [0.25, 0.3) is 0 Å². The van der Waals surface area contributed by atoms with Crippen molar-refractivity contribution in [1.29, 1.82) is 0 Å². The number of hydrogen-bond donors (Lipinski definition) is 2. The molecule has 110 valence electrons. The van der Waals surface area contributed by atoms with Gasteiger partial charge >= 0.3 is 5.97 Å². The maximum Gasteiger partial charge on any atom is 0.339 e. The standard InChI is InChI=1S/C16H24N2O2/c1-10-5-4-6-13(8-7-10)18-14-9-11(2)17-12(3)15(14)16(19)20/h9-10,13H,4-8H2,1-3H3,(H,17,18)(H,19,20). The number of aryl methyl sites for hydroxylation is 2. The number of aromatic carboxylic acids is 1. The molecule has 2 N–H and O–H groups in total. The van der Waals surface area contributed by atoms with Crippen molar-refractivity contribution >= 4 is 11.7 Å². The third kappa shape index (κ3) is 3.50. The van der Waals surface area contributed by atoms with Crippen LogP contribution in [0.25, 0.3) is 0 Å². The Balaban J connectivity index is 2.21. The third-order valence-electron chi connectivity index (χ3n) is 4.16. The molecule has 1 aromatic heterocycles. The summed E-state index contributed by atoms with van der Waals surface area (Å²) in [6, 6.07) is 2.23. The van der Waals surface area contributed by atoms with E-state index in [1.807, 2.05) is 13.0 Å². The van der Waals surface area contributed by atoms with Crippen LogP contribution in [-0.2, 0) is 0 Å². The Morgan fingerprint density at radius 3 is 2.75 bits per heavy atom. The van der Waals surface area contributed by atoms with Gasteiger partial charge in [0, 0.05) is 11.7 Å². The number of carbonyl (C=O) groups is 1. The number of carboxylic acid groups (broad SMARTS) is 1. The molecule has 2 rings (SSSR count). The highest BCUT2D eigenvalue weighted by Gasteiger charge is 2.20. The van der Waals surface area contributed by atoms with E-state index < -0.39 is 5.97 Å². The molecule has 1 fully saturated rings. The zero-order chi connectivity index (χ0) is 14.7. The summed E-state index contributed by atoms with van der Waals surface area (Å²) in [5.74, 6) is -0.124. The van der Waals surface area contributed by atoms with Crippen molar-refractivity contribution in [3.8, 4) is 0 Å². The zero-order valence-corrected chi connectivity index (χ0v) is 12.6. The summed E-state index contributed by atoms with van der Waals surface area (Å²) in [6.07, 6.45) is 5.93. The molecular weight excluding hydrogens is 252 g/mol. The van der Waals surface area contributed by atoms with Gasteiger partial charge in [-0.05, 0) is 45.1 Å². The molecule has 1 saturated carbocycles. The van der Waals surface area contributed by atoms with Crippen LogP contribution in [0.5, 0.6) is 0 Å². The number of anilines is 1. The van der Waals surface area contributed by atoms with Crippen molar-refractivity contribution < 1.29 is 9.90 Å². The van der Waals surface area contributed by atoms with Gasteiger partial charge in [-0.3, -0.25) is 4.98 Å². The average Bonchev–Trinajstić information content (AvgIpc) is 2.53. The average molecular weight is 276 g/mol. The molecule has 0 bridgehead atoms. The molecule has 4 heteroatoms. The predicted molar refractivity (Wildman–Crippen MR) is 80.3 cm³/mol. The van der Waals surface area contributed by atoms with Crippen molar-refractivity contribution in [3.05, 3.63) is 23.0 Å². The highest BCUT2D eigenvalue weighted by molar-refractivity contribution is 5.95. The lowest BCUT2D eigenvalue weighted by molar-refractivity contribution is 0.0696. The summed E-state index contributed by atoms with van der Waals surface area (Å²) >= 11 is 0. The molecule has 20 heavy (non-hydrogen) atoms. The van der Waals surface area contributed by atoms with Crippen LogP contribution < -0.4 is 5.32 Å². The molecule has 0 aromatic carbocycles. The van der Waals surface area contributed by atoms with Crippen LogP contribution in [0.1, 0.15) is 60.8 Å². The smallest absolute Gasteiger partial charge is 0.339 e. The van der Waals surface area contributed by atoms with E-state index in [4.69, 9.17) is 0 Å². The highest BCUT2D eigenvalue weighted by Crippen LogP contribution is 2.27. The van der Waals surface area contributed by atoms with Gasteiger partial charge in [0.1, 0.15) is 5.56 Å². The predicted octanol–water partition coefficient (Wildman–Crippen LogP) is 3.78. The van der Waals surface area contributed by atoms with Crippen molar-refractivity contribution in [1.82, 2.24) is 4.98 Å². The molecule has 0 aliphatic heterocycles. The second kappa shape index (κ2) is 6.25. The van der Waals surface area contributed by atoms with E-state index in [1.165, 1.54) is 19.3 Å². The Kier molecular flexibility index (Phi) is 4.63. The van der Waals surface area contributed by atoms with E-state index in [9.17, 15) is 9.90 Å². The van der Waals surface area contributed by atoms with E-state index in [0.717, 1.165) is 30.1 Å². The van der Waals surface area contributed by atoms with Crippen LogP contribution in [0.4, 0.5) is 5.69 Å². The van der Waals surface area contributed by atoms with E-state index in [-0.39, 0.29) is 0 Å². The molecule has 1 aliphatic rings. The summed E-state index contributed by atoms with van der Waals surface area (Å²) in [5, 5.41) is 12.8. The molecule has 0 spiro atoms. The van der Waals surface area contributed by atoms with Gasteiger partial charge in [0.15, 0.2) is 0 Å². The lowest BCUT2D eigenvalue weighted by Gasteiger charge is -2.20. The van der Waals surface area contributed by atoms with Crippen LogP contribution in [0.2, 0.25) is 0 Å². The molecule has 2 unspecified atom stereocenters. The Morgan fingerprint density at radius 2 is 2.05 bits per heavy atom. The molecule has 1 heterocycles. The number of nitrogens with one attached hydrogen (secondary N) is 1. The largest absolute Gasteiger partial charge is 0.478 e. The fourth-order valence-corrected chi connectivity index (χ4v) is 3.06. The van der Waals surface area contributed by atoms with Gasteiger partial charge < -0.3 is 10.4 Å². The van der Waals surface area contributed by atoms with Gasteiger partial charge in [0.05, 0.1) is 11.4 Å². The number of nitrogens with zero attached hydrogens (tertiary/aromatic N) is 1. The van der Waals surface area contributed by atoms with Gasteiger partial charge in [-0.1, -0.05) is 19.8 Å². The SMILES string of the molecule is Cc1cc(NC2CCCC(C)CC2)c(C(=O)O)c(C)n1. The minimum absolute atomic E-state index is 0.313. The minimum atomic E-state index is -0.903. The first-order valence-electron chi connectivity index (χ1n) is 7.45. The van der Waals surface area contributed by atoms with Gasteiger partial charge in [-0.25, -0.2) is 4.79 Å². The number of pyridine rings is 1. The summed E-state index contributed by atoms with van der Waals surface area (Å²) in [5.41, 5.74) is 2.48. The Labute approximate surface area is 120 Å². The lowest BCUT2D eigenvalue weighted by Crippen LogP contribution is -2.21. The second-order valence-electron chi connectivity index (χ2n) is 6.03. The van der Waals surface area contributed by atoms with E-state index in [0.29, 0.717) is 17.3 Å². The first kappa shape index (κ1) is 14.8. The Morgan fingerprint density at radius 1 is 1.30 bits per heavy atom. The normalized spacial score (nSPS) is 23.1. The molecule has 0 amide bonds. The third-order valence-corrected chi connectivity index (χ3v) is 4.16. The van der Waals surface area contributed by atoms with Gasteiger partial charge in [0.2, 0.25) is 0 Å². The molecule has 1 aliphatic carbocycles. The number of aromatic nitrogens is 1. The summed E-state index contributed by atoms with van der Waals surface area (Å²) in [6.45, 7) is 5.96. The van der Waals surface area contributed by atoms with Crippen molar-refractivity contribution in [2.75, 3.05) is 5.32 Å². The lowest BCUT2D eigenvalue weighted by atomic mass is 10.0. The minimum Gasteiger partial charge on any atom is -0.478 e. The number of carboxylic acids is 1. The van der Waals surface area contributed by atoms with Crippen LogP contribution >= 0.6 is 0 Å². The van der Waals surface area contributed by atoms with E-state index >= 15 is 0 Å². The number of rotatable bonds is 3. The Bertz CT molecular complexity index is 499. The quantitative estimate of drug-likeness (QED) is 0.825. The first-order chi connectivity index (χ1) is 9.47. The van der Waals surface area contributed by atoms with Crippen LogP contribution in [0, 0.1) is 19.8 Å². The summed E-state index contributed by atoms with van der Waals surface area (Å²) in [7, 11) is 0. The molecule has 0 radical (unpaired) electrons. The van der Waals surface area contributed by atoms with Crippen LogP contribution in [-0.4, -0.2) is 22.1 Å². The Hall–Kier alpha value is -1.58. The second-order valence-corrected chi connectivity index (χ2v) is 6.03. The summed E-state index contributed by atoms with van der Waals surface area (Å²) < 4.78 is 0. The fraction of sp³-hybridized carbons (Fsp3) is 0.625. The molecule has 4 nitrogen and oxygen atoms in total. The van der Waals surface area contributed by atoms with Crippen molar-refractivity contribution in [3.63, 3.8) is 0 Å². The van der Waals surface area contributed by atoms with Crippen molar-refractivity contribution in [2.45, 2.75) is 58.9 Å². The molecule has 2 atom stereocenters. The van der Waals surface area contributed by atoms with E-state index in [1.54, 1.807) is 6.92 Å². The highest BCUT2D eigenvalue weighted by atomic mass is 16.4. The fourth-order valence-electron chi connectivity index (χ4n) is 3.06. The van der Waals surface area contributed by atoms with Crippen molar-refractivity contribution in [2.24, 2.45) is 5.92 Å². The monoisotopic (exact) mass is 276 g/mol. The first-order valence-corrected chi connectivity index (χ1v) is 7.45. The topological polar surface area (TPSA) is 62.2 Å². The molecular formula is C16H24N2O2. The molecule has 0 saturated heterocycles. The maximum atomic E-state index is 11.4.